The molecule has 7 N–H and O–H groups in total. The Morgan fingerprint density at radius 3 is 2.09 bits per heavy atom. The van der Waals surface area contributed by atoms with E-state index in [2.05, 4.69) is 38.1 Å². The third-order valence-corrected chi connectivity index (χ3v) is 14.0. The van der Waals surface area contributed by atoms with Crippen molar-refractivity contribution >= 4 is 80.5 Å². The van der Waals surface area contributed by atoms with Crippen LogP contribution in [-0.2, 0) is 13.1 Å². The zero-order valence-corrected chi connectivity index (χ0v) is 44.7. The molecule has 0 aromatic heterocycles. The van der Waals surface area contributed by atoms with Gasteiger partial charge >= 0.3 is 11.9 Å². The topological polar surface area (TPSA) is 250 Å². The number of rotatable bonds is 15. The number of carboxylic acid groups (broad SMARTS) is 2. The van der Waals surface area contributed by atoms with E-state index in [1.54, 1.807) is 25.1 Å². The van der Waals surface area contributed by atoms with Crippen LogP contribution in [0.1, 0.15) is 94.8 Å². The first kappa shape index (κ1) is 54.4. The molecule has 0 radical (unpaired) electrons. The van der Waals surface area contributed by atoms with Gasteiger partial charge in [0.05, 0.1) is 50.7 Å². The number of nitrogens with zero attached hydrogens (tertiary/aromatic N) is 1. The monoisotopic (exact) mass is 1100 g/mol. The molecule has 79 heavy (non-hydrogen) atoms. The van der Waals surface area contributed by atoms with E-state index in [0.29, 0.717) is 68.4 Å². The Labute approximate surface area is 461 Å². The van der Waals surface area contributed by atoms with Crippen LogP contribution in [0.5, 0.6) is 5.75 Å². The molecule has 0 spiro atoms. The van der Waals surface area contributed by atoms with Gasteiger partial charge in [-0.05, 0) is 130 Å². The van der Waals surface area contributed by atoms with Gasteiger partial charge in [0.15, 0.2) is 5.43 Å². The van der Waals surface area contributed by atoms with Crippen molar-refractivity contribution < 1.29 is 48.1 Å². The first-order valence-corrected chi connectivity index (χ1v) is 25.6. The Hall–Kier alpha value is -9.43. The zero-order chi connectivity index (χ0) is 56.4. The Bertz CT molecular complexity index is 4150. The van der Waals surface area contributed by atoms with Crippen molar-refractivity contribution in [1.29, 1.82) is 0 Å². The summed E-state index contributed by atoms with van der Waals surface area (Å²) in [5, 5.41) is 45.2. The van der Waals surface area contributed by atoms with Gasteiger partial charge in [0.25, 0.3) is 17.7 Å². The molecule has 9 rings (SSSR count). The fourth-order valence-electron chi connectivity index (χ4n) is 9.57. The Balaban J connectivity index is 0.982. The minimum absolute atomic E-state index is 0.0369. The third-order valence-electron chi connectivity index (χ3n) is 13.3. The number of hydrogen-bond acceptors (Lipinski definition) is 11. The van der Waals surface area contributed by atoms with Gasteiger partial charge < -0.3 is 45.4 Å². The van der Waals surface area contributed by atoms with E-state index in [1.807, 2.05) is 45.9 Å². The molecule has 0 saturated carbocycles. The minimum atomic E-state index is -1.42. The van der Waals surface area contributed by atoms with E-state index >= 15 is 0 Å². The van der Waals surface area contributed by atoms with Crippen LogP contribution in [0.2, 0.25) is 10.0 Å². The number of nitrogens with one attached hydrogen (secondary N) is 4. The largest absolute Gasteiger partial charge is 0.507 e. The number of benzene rings is 7. The Morgan fingerprint density at radius 1 is 0.658 bits per heavy atom. The van der Waals surface area contributed by atoms with Gasteiger partial charge in [-0.15, -0.1) is 5.92 Å². The highest BCUT2D eigenvalue weighted by Gasteiger charge is 2.31. The van der Waals surface area contributed by atoms with E-state index in [-0.39, 0.29) is 91.3 Å². The molecular formula is C61H49Cl2N5O11. The smallest absolute Gasteiger partial charge is 0.337 e. The zero-order valence-electron chi connectivity index (χ0n) is 43.2. The number of amides is 3. The number of aromatic carboxylic acids is 2. The second-order valence-corrected chi connectivity index (χ2v) is 19.2. The molecule has 2 aliphatic heterocycles. The quantitative estimate of drug-likeness (QED) is 0.0374. The summed E-state index contributed by atoms with van der Waals surface area (Å²) in [5.41, 5.74) is 4.76. The van der Waals surface area contributed by atoms with Gasteiger partial charge in [-0.3, -0.25) is 24.2 Å². The lowest BCUT2D eigenvalue weighted by atomic mass is 9.88. The van der Waals surface area contributed by atoms with Crippen LogP contribution in [0.3, 0.4) is 0 Å². The lowest BCUT2D eigenvalue weighted by molar-refractivity contribution is 0.0686. The van der Waals surface area contributed by atoms with Crippen molar-refractivity contribution in [3.05, 3.63) is 179 Å². The first-order chi connectivity index (χ1) is 37.9. The molecule has 0 unspecified atom stereocenters. The minimum Gasteiger partial charge on any atom is -0.507 e. The van der Waals surface area contributed by atoms with E-state index < -0.39 is 35.1 Å². The average Bonchev–Trinajstić information content (AvgIpc) is 3.54. The number of aromatic hydroxyl groups is 1. The summed E-state index contributed by atoms with van der Waals surface area (Å²) in [5.74, 6) is 1.17. The lowest BCUT2D eigenvalue weighted by Crippen LogP contribution is -2.24. The SMILES string of the molecule is CC#CCNC(=O)c1ccc(C(=O)O)c(-c2c3ccc(=O)cc-3oc3c(CNC(=O)c4ccc(CNC(=O)c5cc(Cl)c(-c6c7cc(C)c(=NCC)cc-7oc7cc(NCC)c(C)cc67)c(C(=O)O)c5Cl)cc4)c(O)ccc23)c1. The molecule has 3 amide bonds. The van der Waals surface area contributed by atoms with E-state index in [1.165, 1.54) is 66.7 Å². The molecule has 5 aromatic carbocycles. The van der Waals surface area contributed by atoms with Crippen LogP contribution in [0.25, 0.3) is 66.8 Å². The Morgan fingerprint density at radius 2 is 1.38 bits per heavy atom. The number of aryl methyl sites for hydroxylation is 2. The number of carbonyl (C=O) groups excluding carboxylic acids is 3. The molecular weight excluding hydrogens is 1050 g/mol. The molecule has 0 saturated heterocycles. The summed E-state index contributed by atoms with van der Waals surface area (Å²) in [6, 6.07) is 26.0. The highest BCUT2D eigenvalue weighted by molar-refractivity contribution is 6.41. The van der Waals surface area contributed by atoms with Crippen molar-refractivity contribution in [3.8, 4) is 62.5 Å². The number of anilines is 1. The highest BCUT2D eigenvalue weighted by Crippen LogP contribution is 2.48. The van der Waals surface area contributed by atoms with E-state index in [0.717, 1.165) is 16.8 Å². The van der Waals surface area contributed by atoms with Gasteiger partial charge in [-0.2, -0.15) is 0 Å². The van der Waals surface area contributed by atoms with Crippen LogP contribution in [-0.4, -0.2) is 64.6 Å². The molecule has 4 aliphatic rings. The van der Waals surface area contributed by atoms with Gasteiger partial charge in [-0.1, -0.05) is 41.3 Å². The molecule has 0 atom stereocenters. The fraction of sp³-hybridized carbons (Fsp3) is 0.164. The maximum atomic E-state index is 13.9. The highest BCUT2D eigenvalue weighted by atomic mass is 35.5. The van der Waals surface area contributed by atoms with E-state index in [4.69, 9.17) is 32.0 Å². The van der Waals surface area contributed by atoms with Crippen LogP contribution in [0, 0.1) is 25.7 Å². The van der Waals surface area contributed by atoms with Crippen molar-refractivity contribution in [2.75, 3.05) is 25.0 Å². The normalized spacial score (nSPS) is 11.4. The summed E-state index contributed by atoms with van der Waals surface area (Å²) >= 11 is 14.0. The lowest BCUT2D eigenvalue weighted by Gasteiger charge is -2.21. The maximum Gasteiger partial charge on any atom is 0.337 e. The second-order valence-electron chi connectivity index (χ2n) is 18.4. The summed E-state index contributed by atoms with van der Waals surface area (Å²) in [6.45, 7) is 10.2. The number of halogens is 2. The molecule has 0 bridgehead atoms. The number of fused-ring (bicyclic) bond motifs is 4. The van der Waals surface area contributed by atoms with Crippen LogP contribution < -0.4 is 32.1 Å². The predicted molar refractivity (Wildman–Crippen MR) is 303 cm³/mol. The third kappa shape index (κ3) is 10.7. The van der Waals surface area contributed by atoms with Crippen LogP contribution in [0.15, 0.2) is 122 Å². The molecule has 18 heteroatoms. The van der Waals surface area contributed by atoms with Gasteiger partial charge in [0.1, 0.15) is 28.4 Å². The van der Waals surface area contributed by atoms with E-state index in [9.17, 15) is 44.1 Å². The molecule has 398 valence electrons. The van der Waals surface area contributed by atoms with Crippen molar-refractivity contribution in [2.45, 2.75) is 47.7 Å². The summed E-state index contributed by atoms with van der Waals surface area (Å²) in [7, 11) is 0. The average molecular weight is 1100 g/mol. The van der Waals surface area contributed by atoms with Crippen LogP contribution in [0.4, 0.5) is 5.69 Å². The van der Waals surface area contributed by atoms with Crippen molar-refractivity contribution in [2.24, 2.45) is 4.99 Å². The number of carbonyl (C=O) groups is 5. The second kappa shape index (κ2) is 22.6. The van der Waals surface area contributed by atoms with Crippen molar-refractivity contribution in [3.63, 3.8) is 0 Å². The molecule has 2 heterocycles. The molecule has 5 aromatic rings. The molecule has 2 aliphatic carbocycles. The number of hydrogen-bond donors (Lipinski definition) is 7. The van der Waals surface area contributed by atoms with Gasteiger partial charge in [0.2, 0.25) is 0 Å². The number of carboxylic acids is 2. The Kier molecular flexibility index (Phi) is 15.6. The predicted octanol–water partition coefficient (Wildman–Crippen LogP) is 11.1. The molecule has 0 fully saturated rings. The fourth-order valence-corrected chi connectivity index (χ4v) is 10.2. The van der Waals surface area contributed by atoms with Gasteiger partial charge in [-0.25, -0.2) is 9.59 Å². The standard InChI is InChI=1S/C61H49Cl2N5O11/c1-6-9-20-66-58(72)34-14-16-36(60(74)75)39(23-34)51-37-17-15-35(69)24-48(37)79-56-38(51)18-19-47(70)43(56)29-68-57(71)33-12-10-32(11-13-33)28-67-59(73)42-25-44(62)53(54(55(42)63)61(76)77)52-40-21-30(4)45(64-7-2)26-49(40)78-50-27-46(65-8-3)31(5)22-41(50)52/h10-19,21-27,64,70H,7-8,20,28-29H2,1-5H3,(H,66,72)(H,67,73)(H,68,71)(H,74,75)(H,76,77). The maximum absolute atomic E-state index is 13.9. The summed E-state index contributed by atoms with van der Waals surface area (Å²) < 4.78 is 12.7. The first-order valence-electron chi connectivity index (χ1n) is 24.9. The van der Waals surface area contributed by atoms with Crippen molar-refractivity contribution in [1.82, 2.24) is 16.0 Å². The molecule has 16 nitrogen and oxygen atoms in total. The van der Waals surface area contributed by atoms with Crippen LogP contribution >= 0.6 is 23.2 Å². The van der Waals surface area contributed by atoms with Gasteiger partial charge in [0, 0.05) is 93.2 Å². The summed E-state index contributed by atoms with van der Waals surface area (Å²) in [6.07, 6.45) is 0. The summed E-state index contributed by atoms with van der Waals surface area (Å²) in [4.78, 5) is 84.0. The number of phenolic OH excluding ortho intramolecular Hbond substituents is 1. The number of phenols is 1.